The monoisotopic (exact) mass is 532 g/mol. The topological polar surface area (TPSA) is 75.2 Å². The number of hydrogen-bond acceptors (Lipinski definition) is 4. The SMILES string of the molecule is CCNC(=NCc1ccc(COCC)cc1)N1CCC(NC(=O)OC(C)(C)C)C1.I. The quantitative estimate of drug-likeness (QED) is 0.317. The number of hydrogen-bond donors (Lipinski definition) is 2. The van der Waals surface area contributed by atoms with Crippen molar-refractivity contribution in [2.75, 3.05) is 26.2 Å². The minimum Gasteiger partial charge on any atom is -0.444 e. The number of halogens is 1. The highest BCUT2D eigenvalue weighted by Gasteiger charge is 2.27. The summed E-state index contributed by atoms with van der Waals surface area (Å²) >= 11 is 0. The fraction of sp³-hybridized carbons (Fsp3) is 0.636. The minimum absolute atomic E-state index is 0. The van der Waals surface area contributed by atoms with Gasteiger partial charge < -0.3 is 25.0 Å². The van der Waals surface area contributed by atoms with Crippen molar-refractivity contribution in [3.63, 3.8) is 0 Å². The summed E-state index contributed by atoms with van der Waals surface area (Å²) in [5, 5.41) is 6.32. The molecule has 0 aromatic heterocycles. The molecule has 1 amide bonds. The van der Waals surface area contributed by atoms with Crippen LogP contribution in [0.1, 0.15) is 52.2 Å². The van der Waals surface area contributed by atoms with Crippen LogP contribution in [0.2, 0.25) is 0 Å². The number of alkyl carbamates (subject to hydrolysis) is 1. The highest BCUT2D eigenvalue weighted by atomic mass is 127. The second kappa shape index (κ2) is 13.0. The second-order valence-corrected chi connectivity index (χ2v) is 8.20. The maximum atomic E-state index is 12.0. The van der Waals surface area contributed by atoms with Crippen LogP contribution in [-0.4, -0.2) is 54.8 Å². The predicted octanol–water partition coefficient (Wildman–Crippen LogP) is 3.91. The lowest BCUT2D eigenvalue weighted by atomic mass is 10.1. The number of aliphatic imine (C=N–C) groups is 1. The standard InChI is InChI=1S/C22H36N4O3.HI/c1-6-23-20(24-14-17-8-10-18(11-9-17)16-28-7-2)26-13-12-19(15-26)25-21(27)29-22(3,4)5;/h8-11,19H,6-7,12-16H2,1-5H3,(H,23,24)(H,25,27);1H. The first-order valence-corrected chi connectivity index (χ1v) is 10.5. The summed E-state index contributed by atoms with van der Waals surface area (Å²) in [6, 6.07) is 8.43. The summed E-state index contributed by atoms with van der Waals surface area (Å²) in [4.78, 5) is 19.0. The summed E-state index contributed by atoms with van der Waals surface area (Å²) < 4.78 is 10.8. The van der Waals surface area contributed by atoms with Crippen LogP contribution in [0.5, 0.6) is 0 Å². The fourth-order valence-corrected chi connectivity index (χ4v) is 3.10. The van der Waals surface area contributed by atoms with Gasteiger partial charge in [-0.15, -0.1) is 24.0 Å². The van der Waals surface area contributed by atoms with Crippen LogP contribution in [-0.2, 0) is 22.6 Å². The van der Waals surface area contributed by atoms with E-state index in [0.717, 1.165) is 44.2 Å². The molecule has 1 aliphatic rings. The van der Waals surface area contributed by atoms with E-state index in [-0.39, 0.29) is 36.1 Å². The van der Waals surface area contributed by atoms with Gasteiger partial charge in [0.25, 0.3) is 0 Å². The van der Waals surface area contributed by atoms with Crippen LogP contribution in [0.4, 0.5) is 4.79 Å². The maximum Gasteiger partial charge on any atom is 0.407 e. The number of rotatable bonds is 7. The van der Waals surface area contributed by atoms with Crippen LogP contribution in [0.25, 0.3) is 0 Å². The van der Waals surface area contributed by atoms with Gasteiger partial charge in [0.2, 0.25) is 0 Å². The van der Waals surface area contributed by atoms with Crippen LogP contribution >= 0.6 is 24.0 Å². The Morgan fingerprint density at radius 1 is 1.20 bits per heavy atom. The van der Waals surface area contributed by atoms with Crippen LogP contribution in [0.3, 0.4) is 0 Å². The molecule has 1 unspecified atom stereocenters. The third-order valence-corrected chi connectivity index (χ3v) is 4.45. The molecule has 0 saturated carbocycles. The lowest BCUT2D eigenvalue weighted by molar-refractivity contribution is 0.0507. The van der Waals surface area contributed by atoms with Gasteiger partial charge in [0, 0.05) is 26.2 Å². The summed E-state index contributed by atoms with van der Waals surface area (Å²) in [7, 11) is 0. The zero-order chi connectivity index (χ0) is 21.3. The van der Waals surface area contributed by atoms with E-state index in [4.69, 9.17) is 14.5 Å². The Morgan fingerprint density at radius 3 is 2.47 bits per heavy atom. The molecule has 2 N–H and O–H groups in total. The molecule has 2 rings (SSSR count). The van der Waals surface area contributed by atoms with Gasteiger partial charge in [0.15, 0.2) is 5.96 Å². The molecule has 0 spiro atoms. The average molecular weight is 532 g/mol. The fourth-order valence-electron chi connectivity index (χ4n) is 3.10. The summed E-state index contributed by atoms with van der Waals surface area (Å²) in [6.07, 6.45) is 0.508. The van der Waals surface area contributed by atoms with Gasteiger partial charge in [-0.25, -0.2) is 9.79 Å². The highest BCUT2D eigenvalue weighted by Crippen LogP contribution is 2.13. The van der Waals surface area contributed by atoms with Gasteiger partial charge in [-0.3, -0.25) is 0 Å². The first-order valence-electron chi connectivity index (χ1n) is 10.5. The number of ether oxygens (including phenoxy) is 2. The molecule has 170 valence electrons. The van der Waals surface area contributed by atoms with E-state index in [0.29, 0.717) is 13.2 Å². The Morgan fingerprint density at radius 2 is 1.87 bits per heavy atom. The molecule has 1 aromatic rings. The Bertz CT molecular complexity index is 674. The smallest absolute Gasteiger partial charge is 0.407 e. The number of guanidine groups is 1. The van der Waals surface area contributed by atoms with Gasteiger partial charge in [-0.2, -0.15) is 0 Å². The van der Waals surface area contributed by atoms with Crippen molar-refractivity contribution in [2.45, 2.75) is 65.8 Å². The molecule has 8 heteroatoms. The number of likely N-dealkylation sites (tertiary alicyclic amines) is 1. The van der Waals surface area contributed by atoms with E-state index in [2.05, 4.69) is 46.7 Å². The Labute approximate surface area is 198 Å². The molecule has 1 heterocycles. The van der Waals surface area contributed by atoms with Gasteiger partial charge in [0.05, 0.1) is 19.2 Å². The van der Waals surface area contributed by atoms with Gasteiger partial charge in [-0.1, -0.05) is 24.3 Å². The summed E-state index contributed by atoms with van der Waals surface area (Å²) in [6.45, 7) is 14.0. The highest BCUT2D eigenvalue weighted by molar-refractivity contribution is 14.0. The van der Waals surface area contributed by atoms with E-state index in [1.54, 1.807) is 0 Å². The van der Waals surface area contributed by atoms with Crippen LogP contribution in [0.15, 0.2) is 29.3 Å². The minimum atomic E-state index is -0.489. The number of nitrogens with zero attached hydrogens (tertiary/aromatic N) is 2. The number of amides is 1. The lowest BCUT2D eigenvalue weighted by Gasteiger charge is -2.23. The van der Waals surface area contributed by atoms with Crippen molar-refractivity contribution in [1.82, 2.24) is 15.5 Å². The van der Waals surface area contributed by atoms with Crippen molar-refractivity contribution in [2.24, 2.45) is 4.99 Å². The van der Waals surface area contributed by atoms with Crippen molar-refractivity contribution in [3.8, 4) is 0 Å². The molecule has 0 bridgehead atoms. The number of carbonyl (C=O) groups excluding carboxylic acids is 1. The van der Waals surface area contributed by atoms with E-state index >= 15 is 0 Å². The first-order chi connectivity index (χ1) is 13.8. The molecule has 0 aliphatic carbocycles. The van der Waals surface area contributed by atoms with Gasteiger partial charge >= 0.3 is 6.09 Å². The lowest BCUT2D eigenvalue weighted by Crippen LogP contribution is -2.44. The second-order valence-electron chi connectivity index (χ2n) is 8.20. The number of nitrogens with one attached hydrogen (secondary N) is 2. The zero-order valence-corrected chi connectivity index (χ0v) is 21.2. The predicted molar refractivity (Wildman–Crippen MR) is 131 cm³/mol. The molecule has 0 radical (unpaired) electrons. The number of carbonyl (C=O) groups is 1. The third kappa shape index (κ3) is 9.51. The molecule has 7 nitrogen and oxygen atoms in total. The average Bonchev–Trinajstić information content (AvgIpc) is 3.10. The van der Waals surface area contributed by atoms with Crippen LogP contribution in [0, 0.1) is 0 Å². The summed E-state index contributed by atoms with van der Waals surface area (Å²) in [5.41, 5.74) is 1.84. The molecular formula is C22H37IN4O3. The molecule has 1 aromatic carbocycles. The maximum absolute atomic E-state index is 12.0. The number of benzene rings is 1. The normalized spacial score (nSPS) is 16.8. The third-order valence-electron chi connectivity index (χ3n) is 4.45. The molecule has 1 fully saturated rings. The molecule has 1 atom stereocenters. The molecule has 1 saturated heterocycles. The van der Waals surface area contributed by atoms with Gasteiger partial charge in [0.1, 0.15) is 5.60 Å². The van der Waals surface area contributed by atoms with Gasteiger partial charge in [-0.05, 0) is 52.2 Å². The molecule has 30 heavy (non-hydrogen) atoms. The Hall–Kier alpha value is -1.55. The first kappa shape index (κ1) is 26.5. The van der Waals surface area contributed by atoms with E-state index in [1.165, 1.54) is 5.56 Å². The van der Waals surface area contributed by atoms with E-state index in [9.17, 15) is 4.79 Å². The molecular weight excluding hydrogens is 495 g/mol. The Kier molecular flexibility index (Phi) is 11.5. The van der Waals surface area contributed by atoms with Crippen molar-refractivity contribution < 1.29 is 14.3 Å². The Balaban J connectivity index is 0.00000450. The summed E-state index contributed by atoms with van der Waals surface area (Å²) in [5.74, 6) is 0.874. The van der Waals surface area contributed by atoms with Crippen molar-refractivity contribution in [1.29, 1.82) is 0 Å². The van der Waals surface area contributed by atoms with Crippen molar-refractivity contribution in [3.05, 3.63) is 35.4 Å². The molecule has 1 aliphatic heterocycles. The zero-order valence-electron chi connectivity index (χ0n) is 18.9. The van der Waals surface area contributed by atoms with E-state index < -0.39 is 5.60 Å². The van der Waals surface area contributed by atoms with E-state index in [1.807, 2.05) is 27.7 Å². The van der Waals surface area contributed by atoms with Crippen LogP contribution < -0.4 is 10.6 Å². The van der Waals surface area contributed by atoms with Crippen molar-refractivity contribution >= 4 is 36.0 Å². The largest absolute Gasteiger partial charge is 0.444 e.